The zero-order valence-electron chi connectivity index (χ0n) is 38.6. The summed E-state index contributed by atoms with van der Waals surface area (Å²) < 4.78 is 52.8. The summed E-state index contributed by atoms with van der Waals surface area (Å²) in [6.07, 6.45) is 9.85. The van der Waals surface area contributed by atoms with E-state index in [4.69, 9.17) is 37.9 Å². The summed E-state index contributed by atoms with van der Waals surface area (Å²) in [6, 6.07) is 0. The number of halogens is 2. The molecule has 14 heteroatoms. The Balaban J connectivity index is 1.17. The second kappa shape index (κ2) is 19.5. The molecule has 12 nitrogen and oxygen atoms in total. The molecule has 1 spiro atoms. The van der Waals surface area contributed by atoms with Crippen LogP contribution in [0.1, 0.15) is 107 Å². The predicted octanol–water partition coefficient (Wildman–Crippen LogP) is 8.52. The molecule has 0 radical (unpaired) electrons. The van der Waals surface area contributed by atoms with E-state index in [9.17, 15) is 19.8 Å². The largest absolute Gasteiger partial charge is 0.462 e. The lowest BCUT2D eigenvalue weighted by atomic mass is 9.71. The number of aliphatic hydroxyl groups is 2. The van der Waals surface area contributed by atoms with Gasteiger partial charge in [0.05, 0.1) is 40.3 Å². The van der Waals surface area contributed by atoms with Crippen LogP contribution < -0.4 is 0 Å². The van der Waals surface area contributed by atoms with Crippen molar-refractivity contribution in [2.45, 2.75) is 180 Å². The maximum Gasteiger partial charge on any atom is 0.316 e. The average molecular weight is 1010 g/mol. The Labute approximate surface area is 390 Å². The number of ether oxygens (including phenoxy) is 8. The Morgan fingerprint density at radius 1 is 1.10 bits per heavy atom. The number of rotatable bonds is 8. The predicted molar refractivity (Wildman–Crippen MR) is 243 cm³/mol. The molecule has 1 saturated carbocycles. The van der Waals surface area contributed by atoms with Crippen LogP contribution >= 0.6 is 31.9 Å². The Morgan fingerprint density at radius 3 is 2.54 bits per heavy atom. The van der Waals surface area contributed by atoms with E-state index in [2.05, 4.69) is 79.5 Å². The summed E-state index contributed by atoms with van der Waals surface area (Å²) in [5.41, 5.74) is -0.0805. The van der Waals surface area contributed by atoms with Gasteiger partial charge in [0.2, 0.25) is 0 Å². The van der Waals surface area contributed by atoms with Crippen LogP contribution in [0, 0.1) is 40.9 Å². The Hall–Kier alpha value is -1.72. The first-order valence-electron chi connectivity index (χ1n) is 23.1. The standard InChI is InChI=1S/C49H70Br2O12/c1-11-25(2)42-28(5)17-18-48(63-42)23-33-20-32(62-48)16-15-27(4)41(26(3)13-12-14-31-24-57-44-40(52)29(6)19-35(45(53)59-33)49(31,44)55)60-38-22-36(56-10)43(30(7)58-38)61-46(54)39-34(21-37(50)51)47(39,8)9/h12-15,19,21,25-26,28,30,32-36,38-44,52,55H,11,16-18,20,22-24H2,1-10H3/b13-12+,27-15+,31-14+/t25?,26-,28-,30-,32+,33-,34?,35-,36-,38-,39?,40+,41-,42+,43-,44+,48+,49+/m0/s1. The van der Waals surface area contributed by atoms with Gasteiger partial charge in [0.15, 0.2) is 18.2 Å². The van der Waals surface area contributed by atoms with E-state index in [1.54, 1.807) is 26.2 Å². The molecular weight excluding hydrogens is 940 g/mol. The Bertz CT molecular complexity index is 1850. The van der Waals surface area contributed by atoms with E-state index >= 15 is 0 Å². The molecule has 0 amide bonds. The third-order valence-corrected chi connectivity index (χ3v) is 15.9. The molecule has 2 N–H and O–H groups in total. The minimum absolute atomic E-state index is 0.0113. The summed E-state index contributed by atoms with van der Waals surface area (Å²) in [4.78, 5) is 27.9. The Kier molecular flexibility index (Phi) is 15.2. The number of allylic oxidation sites excluding steroid dienone is 3. The van der Waals surface area contributed by atoms with E-state index in [1.807, 2.05) is 32.1 Å². The minimum atomic E-state index is -1.83. The Morgan fingerprint density at radius 2 is 1.84 bits per heavy atom. The summed E-state index contributed by atoms with van der Waals surface area (Å²) in [7, 11) is 1.62. The van der Waals surface area contributed by atoms with Gasteiger partial charge in [0.25, 0.3) is 0 Å². The molecule has 0 aromatic carbocycles. The van der Waals surface area contributed by atoms with Crippen molar-refractivity contribution < 1.29 is 57.7 Å². The molecule has 0 aromatic heterocycles. The summed E-state index contributed by atoms with van der Waals surface area (Å²) >= 11 is 6.88. The van der Waals surface area contributed by atoms with Crippen molar-refractivity contribution >= 4 is 43.8 Å². The van der Waals surface area contributed by atoms with Crippen molar-refractivity contribution in [1.29, 1.82) is 0 Å². The molecule has 63 heavy (non-hydrogen) atoms. The van der Waals surface area contributed by atoms with Crippen molar-refractivity contribution in [3.05, 3.63) is 56.6 Å². The third-order valence-electron chi connectivity index (χ3n) is 15.4. The highest BCUT2D eigenvalue weighted by Crippen LogP contribution is 2.60. The summed E-state index contributed by atoms with van der Waals surface area (Å²) in [5.74, 6) is -2.66. The highest BCUT2D eigenvalue weighted by Gasteiger charge is 2.63. The lowest BCUT2D eigenvalue weighted by Crippen LogP contribution is -2.58. The fraction of sp³-hybridized carbons (Fsp3) is 0.755. The topological polar surface area (TPSA) is 148 Å². The van der Waals surface area contributed by atoms with Crippen LogP contribution in [0.25, 0.3) is 0 Å². The van der Waals surface area contributed by atoms with E-state index < -0.39 is 72.3 Å². The van der Waals surface area contributed by atoms with Crippen molar-refractivity contribution in [2.24, 2.45) is 40.9 Å². The normalized spacial score (nSPS) is 46.5. The molecular formula is C49H70Br2O12. The van der Waals surface area contributed by atoms with Crippen molar-refractivity contribution in [3.63, 3.8) is 0 Å². The van der Waals surface area contributed by atoms with Crippen LogP contribution in [0.5, 0.6) is 0 Å². The molecule has 5 heterocycles. The second-order valence-corrected chi connectivity index (χ2v) is 22.9. The van der Waals surface area contributed by atoms with Gasteiger partial charge in [0.1, 0.15) is 35.9 Å². The van der Waals surface area contributed by atoms with E-state index in [1.165, 1.54) is 0 Å². The first kappa shape index (κ1) is 49.2. The molecule has 7 rings (SSSR count). The molecule has 7 aliphatic rings. The van der Waals surface area contributed by atoms with Gasteiger partial charge < -0.3 is 48.1 Å². The summed E-state index contributed by atoms with van der Waals surface area (Å²) in [6.45, 7) is 18.5. The molecule has 18 atom stereocenters. The van der Waals surface area contributed by atoms with Crippen LogP contribution in [0.15, 0.2) is 56.6 Å². The second-order valence-electron chi connectivity index (χ2n) is 20.2. The maximum atomic E-state index is 14.4. The smallest absolute Gasteiger partial charge is 0.316 e. The van der Waals surface area contributed by atoms with Crippen LogP contribution in [0.3, 0.4) is 0 Å². The van der Waals surface area contributed by atoms with Crippen molar-refractivity contribution in [3.8, 4) is 0 Å². The van der Waals surface area contributed by atoms with Gasteiger partial charge >= 0.3 is 11.9 Å². The molecule has 0 aromatic rings. The van der Waals surface area contributed by atoms with Crippen molar-refractivity contribution in [2.75, 3.05) is 13.7 Å². The number of aliphatic hydroxyl groups excluding tert-OH is 1. The van der Waals surface area contributed by atoms with Crippen LogP contribution in [0.2, 0.25) is 0 Å². The molecule has 5 fully saturated rings. The fourth-order valence-electron chi connectivity index (χ4n) is 11.2. The number of esters is 2. The van der Waals surface area contributed by atoms with Gasteiger partial charge in [-0.2, -0.15) is 0 Å². The first-order valence-corrected chi connectivity index (χ1v) is 24.7. The monoisotopic (exact) mass is 1010 g/mol. The van der Waals surface area contributed by atoms with Crippen LogP contribution in [-0.4, -0.2) is 108 Å². The number of hydrogen-bond donors (Lipinski definition) is 2. The van der Waals surface area contributed by atoms with Gasteiger partial charge in [-0.15, -0.1) is 0 Å². The zero-order valence-corrected chi connectivity index (χ0v) is 41.8. The first-order chi connectivity index (χ1) is 29.7. The molecule has 2 bridgehead atoms. The van der Waals surface area contributed by atoms with Gasteiger partial charge in [0, 0.05) is 38.7 Å². The lowest BCUT2D eigenvalue weighted by molar-refractivity contribution is -0.340. The van der Waals surface area contributed by atoms with E-state index in [0.29, 0.717) is 55.1 Å². The quantitative estimate of drug-likeness (QED) is 0.177. The van der Waals surface area contributed by atoms with Crippen LogP contribution in [-0.2, 0) is 47.5 Å². The minimum Gasteiger partial charge on any atom is -0.462 e. The van der Waals surface area contributed by atoms with E-state index in [-0.39, 0.29) is 48.0 Å². The SMILES string of the molecule is CCC(C)[C@H]1O[C@]2(CC[C@@H]1C)C[C@@H]1C[C@@H](C/C=C(\C)[C@@H](O[C@H]3C[C@H](OC)[C@@H](OC(=O)C4C(C=C(Br)Br)C4(C)C)[C@H](C)O3)[C@@H](C)/C=C/C=C3\CO[C@@H]4[C@H](O)C(C)=C[C@@H](C(=O)O1)[C@]34O)O2. The van der Waals surface area contributed by atoms with E-state index in [0.717, 1.165) is 21.8 Å². The molecule has 5 aliphatic heterocycles. The number of methoxy groups -OCH3 is 1. The van der Waals surface area contributed by atoms with Gasteiger partial charge in [-0.3, -0.25) is 9.59 Å². The summed E-state index contributed by atoms with van der Waals surface area (Å²) in [5, 5.41) is 23.7. The lowest BCUT2D eigenvalue weighted by Gasteiger charge is -2.51. The number of carbonyl (C=O) groups excluding carboxylic acids is 2. The van der Waals surface area contributed by atoms with Crippen molar-refractivity contribution in [1.82, 2.24) is 0 Å². The highest BCUT2D eigenvalue weighted by molar-refractivity contribution is 9.28. The van der Waals surface area contributed by atoms with Gasteiger partial charge in [-0.05, 0) is 105 Å². The molecule has 4 saturated heterocycles. The highest BCUT2D eigenvalue weighted by atomic mass is 79.9. The third kappa shape index (κ3) is 9.97. The van der Waals surface area contributed by atoms with Gasteiger partial charge in [-0.1, -0.05) is 84.4 Å². The number of carbonyl (C=O) groups is 2. The van der Waals surface area contributed by atoms with Crippen LogP contribution in [0.4, 0.5) is 0 Å². The molecule has 2 aliphatic carbocycles. The average Bonchev–Trinajstić information content (AvgIpc) is 3.58. The fourth-order valence-corrected chi connectivity index (χ4v) is 11.8. The zero-order chi connectivity index (χ0) is 45.8. The molecule has 3 unspecified atom stereocenters. The number of hydrogen-bond acceptors (Lipinski definition) is 12. The van der Waals surface area contributed by atoms with Gasteiger partial charge in [-0.25, -0.2) is 0 Å². The number of fused-ring (bicyclic) bond motifs is 2. The maximum absolute atomic E-state index is 14.4. The molecule has 352 valence electrons.